The second-order valence-electron chi connectivity index (χ2n) is 7.99. The van der Waals surface area contributed by atoms with Crippen molar-refractivity contribution in [3.05, 3.63) is 41.2 Å². The van der Waals surface area contributed by atoms with Gasteiger partial charge in [-0.3, -0.25) is 4.79 Å². The number of carbonyl (C=O) groups excluding carboxylic acids is 1. The van der Waals surface area contributed by atoms with E-state index in [1.54, 1.807) is 0 Å². The van der Waals surface area contributed by atoms with Gasteiger partial charge in [0.1, 0.15) is 5.82 Å². The van der Waals surface area contributed by atoms with E-state index in [0.717, 1.165) is 49.9 Å². The average molecular weight is 387 g/mol. The van der Waals surface area contributed by atoms with Crippen LogP contribution in [0.25, 0.3) is 0 Å². The third kappa shape index (κ3) is 6.03. The number of aromatic nitrogens is 2. The lowest BCUT2D eigenvalue weighted by atomic mass is 9.97. The van der Waals surface area contributed by atoms with Crippen LogP contribution in [0, 0.1) is 18.8 Å². The molecule has 1 N–H and O–H groups in total. The second kappa shape index (κ2) is 9.31. The summed E-state index contributed by atoms with van der Waals surface area (Å²) in [4.78, 5) is 18.9. The fraction of sp³-hybridized carbons (Fsp3) is 0.571. The number of rotatable bonds is 7. The van der Waals surface area contributed by atoms with Crippen molar-refractivity contribution >= 4 is 22.6 Å². The first-order valence-electron chi connectivity index (χ1n) is 9.89. The smallest absolute Gasteiger partial charge is 0.220 e. The first-order valence-corrected chi connectivity index (χ1v) is 10.7. The van der Waals surface area contributed by atoms with Crippen molar-refractivity contribution in [1.82, 2.24) is 14.7 Å². The van der Waals surface area contributed by atoms with Gasteiger partial charge in [0.05, 0.1) is 0 Å². The molecule has 0 atom stereocenters. The minimum atomic E-state index is 0.178. The summed E-state index contributed by atoms with van der Waals surface area (Å²) in [6.07, 6.45) is 3.59. The van der Waals surface area contributed by atoms with Gasteiger partial charge in [-0.2, -0.15) is 4.37 Å². The van der Waals surface area contributed by atoms with E-state index in [-0.39, 0.29) is 5.91 Å². The Balaban J connectivity index is 1.45. The molecule has 1 aliphatic rings. The molecule has 0 unspecified atom stereocenters. The molecule has 146 valence electrons. The lowest BCUT2D eigenvalue weighted by molar-refractivity contribution is -0.122. The zero-order valence-corrected chi connectivity index (χ0v) is 17.4. The highest BCUT2D eigenvalue weighted by Crippen LogP contribution is 2.25. The van der Waals surface area contributed by atoms with Crippen molar-refractivity contribution in [2.24, 2.45) is 11.8 Å². The Hall–Kier alpha value is -1.95. The maximum Gasteiger partial charge on any atom is 0.220 e. The minimum Gasteiger partial charge on any atom is -0.356 e. The zero-order valence-electron chi connectivity index (χ0n) is 16.6. The third-order valence-corrected chi connectivity index (χ3v) is 5.82. The molecule has 1 amide bonds. The summed E-state index contributed by atoms with van der Waals surface area (Å²) in [5.41, 5.74) is 2.52. The van der Waals surface area contributed by atoms with E-state index >= 15 is 0 Å². The molecule has 2 aromatic rings. The maximum absolute atomic E-state index is 11.8. The van der Waals surface area contributed by atoms with Crippen LogP contribution < -0.4 is 10.2 Å². The maximum atomic E-state index is 11.8. The van der Waals surface area contributed by atoms with Crippen molar-refractivity contribution in [2.75, 3.05) is 24.5 Å². The van der Waals surface area contributed by atoms with Gasteiger partial charge < -0.3 is 10.2 Å². The quantitative estimate of drug-likeness (QED) is 0.786. The van der Waals surface area contributed by atoms with Crippen LogP contribution in [-0.4, -0.2) is 34.9 Å². The number of hydrogen-bond acceptors (Lipinski definition) is 5. The van der Waals surface area contributed by atoms with Crippen LogP contribution in [0.2, 0.25) is 0 Å². The van der Waals surface area contributed by atoms with E-state index in [9.17, 15) is 4.79 Å². The molecule has 5 nitrogen and oxygen atoms in total. The van der Waals surface area contributed by atoms with Crippen LogP contribution in [0.15, 0.2) is 24.3 Å². The Morgan fingerprint density at radius 2 is 1.96 bits per heavy atom. The normalized spacial score (nSPS) is 15.3. The van der Waals surface area contributed by atoms with Gasteiger partial charge in [0.25, 0.3) is 0 Å². The Kier molecular flexibility index (Phi) is 6.83. The SMILES string of the molecule is Cc1ccc(Cc2nsc(N3CCC(CNC(=O)CC(C)C)CC3)n2)cc1. The van der Waals surface area contributed by atoms with Crippen LogP contribution in [0.1, 0.15) is 50.1 Å². The molecular formula is C21H30N4OS. The molecule has 2 heterocycles. The molecule has 1 fully saturated rings. The van der Waals surface area contributed by atoms with Gasteiger partial charge in [-0.1, -0.05) is 43.7 Å². The van der Waals surface area contributed by atoms with Crippen LogP contribution in [0.5, 0.6) is 0 Å². The third-order valence-electron chi connectivity index (χ3n) is 5.01. The number of anilines is 1. The fourth-order valence-electron chi connectivity index (χ4n) is 3.36. The molecule has 1 aromatic carbocycles. The van der Waals surface area contributed by atoms with E-state index in [1.807, 2.05) is 0 Å². The Labute approximate surface area is 166 Å². The Bertz CT molecular complexity index is 733. The van der Waals surface area contributed by atoms with Crippen molar-refractivity contribution < 1.29 is 4.79 Å². The van der Waals surface area contributed by atoms with Crippen molar-refractivity contribution in [1.29, 1.82) is 0 Å². The predicted octanol–water partition coefficient (Wildman–Crippen LogP) is 3.82. The van der Waals surface area contributed by atoms with Crippen molar-refractivity contribution in [3.63, 3.8) is 0 Å². The monoisotopic (exact) mass is 386 g/mol. The van der Waals surface area contributed by atoms with Gasteiger partial charge in [-0.05, 0) is 37.2 Å². The predicted molar refractivity (Wildman–Crippen MR) is 111 cm³/mol. The van der Waals surface area contributed by atoms with Gasteiger partial charge in [0.2, 0.25) is 11.0 Å². The van der Waals surface area contributed by atoms with Crippen LogP contribution in [0.4, 0.5) is 5.13 Å². The van der Waals surface area contributed by atoms with Gasteiger partial charge in [0.15, 0.2) is 0 Å². The summed E-state index contributed by atoms with van der Waals surface area (Å²) in [6.45, 7) is 9.03. The van der Waals surface area contributed by atoms with E-state index in [2.05, 4.69) is 59.6 Å². The first kappa shape index (κ1) is 19.8. The van der Waals surface area contributed by atoms with E-state index in [4.69, 9.17) is 4.98 Å². The topological polar surface area (TPSA) is 58.1 Å². The standard InChI is InChI=1S/C21H30N4OS/c1-15(2)12-20(26)22-14-18-8-10-25(11-9-18)21-23-19(24-27-21)13-17-6-4-16(3)5-7-17/h4-7,15,18H,8-14H2,1-3H3,(H,22,26). The molecule has 1 aromatic heterocycles. The number of hydrogen-bond donors (Lipinski definition) is 1. The lowest BCUT2D eigenvalue weighted by Crippen LogP contribution is -2.38. The number of aryl methyl sites for hydroxylation is 1. The zero-order chi connectivity index (χ0) is 19.2. The summed E-state index contributed by atoms with van der Waals surface area (Å²) in [5.74, 6) is 2.06. The second-order valence-corrected chi connectivity index (χ2v) is 8.72. The van der Waals surface area contributed by atoms with Gasteiger partial charge in [0, 0.05) is 44.0 Å². The summed E-state index contributed by atoms with van der Waals surface area (Å²) in [6, 6.07) is 8.56. The van der Waals surface area contributed by atoms with Crippen LogP contribution >= 0.6 is 11.5 Å². The van der Waals surface area contributed by atoms with Crippen molar-refractivity contribution in [2.45, 2.75) is 46.5 Å². The summed E-state index contributed by atoms with van der Waals surface area (Å²) in [5, 5.41) is 4.12. The number of nitrogens with zero attached hydrogens (tertiary/aromatic N) is 3. The molecule has 3 rings (SSSR count). The lowest BCUT2D eigenvalue weighted by Gasteiger charge is -2.31. The van der Waals surface area contributed by atoms with Gasteiger partial charge in [-0.15, -0.1) is 0 Å². The minimum absolute atomic E-state index is 0.178. The highest BCUT2D eigenvalue weighted by molar-refractivity contribution is 7.09. The molecule has 0 radical (unpaired) electrons. The highest BCUT2D eigenvalue weighted by atomic mass is 32.1. The Morgan fingerprint density at radius 3 is 2.63 bits per heavy atom. The molecule has 0 bridgehead atoms. The molecular weight excluding hydrogens is 356 g/mol. The number of carbonyl (C=O) groups is 1. The van der Waals surface area contributed by atoms with Crippen LogP contribution in [0.3, 0.4) is 0 Å². The summed E-state index contributed by atoms with van der Waals surface area (Å²) < 4.78 is 4.55. The highest BCUT2D eigenvalue weighted by Gasteiger charge is 2.22. The molecule has 0 spiro atoms. The molecule has 0 aliphatic carbocycles. The first-order chi connectivity index (χ1) is 13.0. The molecule has 27 heavy (non-hydrogen) atoms. The number of amides is 1. The van der Waals surface area contributed by atoms with E-state index in [1.165, 1.54) is 22.7 Å². The number of piperidine rings is 1. The molecule has 6 heteroatoms. The molecule has 0 saturated carbocycles. The number of benzene rings is 1. The van der Waals surface area contributed by atoms with Gasteiger partial charge in [-0.25, -0.2) is 4.98 Å². The number of nitrogens with one attached hydrogen (secondary N) is 1. The summed E-state index contributed by atoms with van der Waals surface area (Å²) >= 11 is 1.50. The largest absolute Gasteiger partial charge is 0.356 e. The average Bonchev–Trinajstić information content (AvgIpc) is 3.10. The fourth-order valence-corrected chi connectivity index (χ4v) is 4.10. The summed E-state index contributed by atoms with van der Waals surface area (Å²) in [7, 11) is 0. The van der Waals surface area contributed by atoms with Gasteiger partial charge >= 0.3 is 0 Å². The molecule has 1 saturated heterocycles. The Morgan fingerprint density at radius 1 is 1.26 bits per heavy atom. The molecule has 1 aliphatic heterocycles. The van der Waals surface area contributed by atoms with E-state index in [0.29, 0.717) is 18.3 Å². The van der Waals surface area contributed by atoms with Crippen molar-refractivity contribution in [3.8, 4) is 0 Å². The van der Waals surface area contributed by atoms with E-state index < -0.39 is 0 Å². The van der Waals surface area contributed by atoms with Crippen LogP contribution in [-0.2, 0) is 11.2 Å².